The Kier molecular flexibility index (Phi) is 4.84. The maximum atomic E-state index is 12.6. The van der Waals surface area contributed by atoms with Gasteiger partial charge in [-0.2, -0.15) is 0 Å². The van der Waals surface area contributed by atoms with Crippen molar-refractivity contribution in [1.29, 1.82) is 0 Å². The molecule has 9 heteroatoms. The quantitative estimate of drug-likeness (QED) is 0.674. The Bertz CT molecular complexity index is 1150. The minimum Gasteiger partial charge on any atom is -0.462 e. The van der Waals surface area contributed by atoms with Crippen molar-refractivity contribution in [2.24, 2.45) is 7.05 Å². The molecule has 0 spiro atoms. The Balaban J connectivity index is 1.93. The number of aromatic nitrogens is 1. The van der Waals surface area contributed by atoms with Crippen LogP contribution in [0.1, 0.15) is 17.3 Å². The molecule has 7 nitrogen and oxygen atoms in total. The third kappa shape index (κ3) is 3.49. The van der Waals surface area contributed by atoms with E-state index in [2.05, 4.69) is 4.72 Å². The molecule has 0 aliphatic rings. The smallest absolute Gasteiger partial charge is 0.338 e. The number of sulfonamides is 1. The first-order valence-electron chi connectivity index (χ1n) is 7.71. The lowest BCUT2D eigenvalue weighted by molar-refractivity contribution is 0.0526. The van der Waals surface area contributed by atoms with E-state index >= 15 is 0 Å². The number of hydrogen-bond donors (Lipinski definition) is 1. The van der Waals surface area contributed by atoms with Crippen LogP contribution in [-0.2, 0) is 21.8 Å². The number of rotatable bonds is 5. The Morgan fingerprint density at radius 1 is 1.23 bits per heavy atom. The molecule has 1 N–H and O–H groups in total. The standard InChI is InChI=1S/C17H16N2O5S2/c1-3-24-16(20)11-5-4-6-12(9-11)18-26(22,23)13-7-8-14-15(10-13)25-17(21)19(14)2/h4-10,18H,3H2,1-2H3. The number of carbonyl (C=O) groups is 1. The fourth-order valence-electron chi connectivity index (χ4n) is 2.42. The number of benzene rings is 2. The van der Waals surface area contributed by atoms with Gasteiger partial charge in [-0.25, -0.2) is 13.2 Å². The summed E-state index contributed by atoms with van der Waals surface area (Å²) in [5, 5.41) is 0. The highest BCUT2D eigenvalue weighted by Gasteiger charge is 2.17. The van der Waals surface area contributed by atoms with Crippen LogP contribution in [0.15, 0.2) is 52.2 Å². The molecule has 2 aromatic carbocycles. The molecule has 0 bridgehead atoms. The molecule has 0 saturated carbocycles. The zero-order chi connectivity index (χ0) is 18.9. The van der Waals surface area contributed by atoms with Gasteiger partial charge in [0.1, 0.15) is 0 Å². The average Bonchev–Trinajstić information content (AvgIpc) is 2.89. The topological polar surface area (TPSA) is 94.5 Å². The maximum Gasteiger partial charge on any atom is 0.338 e. The van der Waals surface area contributed by atoms with E-state index in [0.717, 1.165) is 11.3 Å². The first-order chi connectivity index (χ1) is 12.3. The number of fused-ring (bicyclic) bond motifs is 1. The van der Waals surface area contributed by atoms with Gasteiger partial charge < -0.3 is 9.30 Å². The predicted octanol–water partition coefficient (Wildman–Crippen LogP) is 2.58. The fourth-order valence-corrected chi connectivity index (χ4v) is 4.49. The highest BCUT2D eigenvalue weighted by molar-refractivity contribution is 7.92. The van der Waals surface area contributed by atoms with Crippen molar-refractivity contribution >= 4 is 43.2 Å². The van der Waals surface area contributed by atoms with Crippen molar-refractivity contribution in [3.63, 3.8) is 0 Å². The molecule has 26 heavy (non-hydrogen) atoms. The zero-order valence-electron chi connectivity index (χ0n) is 14.1. The summed E-state index contributed by atoms with van der Waals surface area (Å²) in [5.74, 6) is -0.524. The third-order valence-electron chi connectivity index (χ3n) is 3.70. The van der Waals surface area contributed by atoms with Gasteiger partial charge in [-0.05, 0) is 43.3 Å². The molecular weight excluding hydrogens is 376 g/mol. The second kappa shape index (κ2) is 6.93. The van der Waals surface area contributed by atoms with Crippen molar-refractivity contribution in [2.75, 3.05) is 11.3 Å². The normalized spacial score (nSPS) is 11.5. The van der Waals surface area contributed by atoms with Crippen molar-refractivity contribution < 1.29 is 17.9 Å². The van der Waals surface area contributed by atoms with E-state index in [-0.39, 0.29) is 27.6 Å². The zero-order valence-corrected chi connectivity index (χ0v) is 15.7. The SMILES string of the molecule is CCOC(=O)c1cccc(NS(=O)(=O)c2ccc3c(c2)sc(=O)n3C)c1. The van der Waals surface area contributed by atoms with Crippen LogP contribution < -0.4 is 9.60 Å². The first kappa shape index (κ1) is 18.2. The molecule has 0 aliphatic heterocycles. The highest BCUT2D eigenvalue weighted by atomic mass is 32.2. The second-order valence-corrected chi connectivity index (χ2v) is 8.14. The monoisotopic (exact) mass is 392 g/mol. The van der Waals surface area contributed by atoms with Crippen LogP contribution in [0.4, 0.5) is 5.69 Å². The van der Waals surface area contributed by atoms with Crippen LogP contribution in [0.2, 0.25) is 0 Å². The van der Waals surface area contributed by atoms with Crippen molar-refractivity contribution in [2.45, 2.75) is 11.8 Å². The van der Waals surface area contributed by atoms with E-state index in [1.807, 2.05) is 0 Å². The van der Waals surface area contributed by atoms with Gasteiger partial charge in [0.05, 0.1) is 27.3 Å². The van der Waals surface area contributed by atoms with Crippen LogP contribution in [0.5, 0.6) is 0 Å². The van der Waals surface area contributed by atoms with Gasteiger partial charge in [0.2, 0.25) is 0 Å². The summed E-state index contributed by atoms with van der Waals surface area (Å²) < 4.78 is 34.7. The van der Waals surface area contributed by atoms with Crippen LogP contribution in [0.3, 0.4) is 0 Å². The number of hydrogen-bond acceptors (Lipinski definition) is 6. The first-order valence-corrected chi connectivity index (χ1v) is 10.0. The van der Waals surface area contributed by atoms with Crippen molar-refractivity contribution in [3.05, 3.63) is 57.7 Å². The van der Waals surface area contributed by atoms with Gasteiger partial charge >= 0.3 is 10.8 Å². The number of anilines is 1. The largest absolute Gasteiger partial charge is 0.462 e. The van der Waals surface area contributed by atoms with E-state index in [4.69, 9.17) is 4.74 Å². The lowest BCUT2D eigenvalue weighted by atomic mass is 10.2. The average molecular weight is 392 g/mol. The summed E-state index contributed by atoms with van der Waals surface area (Å²) in [5.41, 5.74) is 1.17. The van der Waals surface area contributed by atoms with Crippen LogP contribution in [-0.4, -0.2) is 25.6 Å². The molecule has 136 valence electrons. The molecular formula is C17H16N2O5S2. The van der Waals surface area contributed by atoms with Gasteiger partial charge in [-0.1, -0.05) is 17.4 Å². The number of ether oxygens (including phenoxy) is 1. The molecule has 0 saturated heterocycles. The Morgan fingerprint density at radius 3 is 2.73 bits per heavy atom. The second-order valence-electron chi connectivity index (χ2n) is 5.46. The predicted molar refractivity (Wildman–Crippen MR) is 100 cm³/mol. The summed E-state index contributed by atoms with van der Waals surface area (Å²) in [6, 6.07) is 10.6. The van der Waals surface area contributed by atoms with Gasteiger partial charge in [-0.3, -0.25) is 9.52 Å². The Hall–Kier alpha value is -2.65. The maximum absolute atomic E-state index is 12.6. The lowest BCUT2D eigenvalue weighted by Gasteiger charge is -2.09. The van der Waals surface area contributed by atoms with Gasteiger partial charge in [-0.15, -0.1) is 0 Å². The van der Waals surface area contributed by atoms with E-state index < -0.39 is 16.0 Å². The van der Waals surface area contributed by atoms with Gasteiger partial charge in [0.15, 0.2) is 0 Å². The van der Waals surface area contributed by atoms with Crippen LogP contribution in [0.25, 0.3) is 10.2 Å². The molecule has 0 radical (unpaired) electrons. The Labute approximate surface area is 153 Å². The molecule has 1 aromatic heterocycles. The van der Waals surface area contributed by atoms with Gasteiger partial charge in [0.25, 0.3) is 10.0 Å². The minimum absolute atomic E-state index is 0.0355. The minimum atomic E-state index is -3.87. The number of aryl methyl sites for hydroxylation is 1. The molecule has 0 unspecified atom stereocenters. The summed E-state index contributed by atoms with van der Waals surface area (Å²) in [6.07, 6.45) is 0. The summed E-state index contributed by atoms with van der Waals surface area (Å²) in [7, 11) is -2.24. The molecule has 0 amide bonds. The fraction of sp³-hybridized carbons (Fsp3) is 0.176. The lowest BCUT2D eigenvalue weighted by Crippen LogP contribution is -2.13. The molecule has 1 heterocycles. The number of nitrogens with one attached hydrogen (secondary N) is 1. The van der Waals surface area contributed by atoms with Crippen molar-refractivity contribution in [1.82, 2.24) is 4.57 Å². The third-order valence-corrected chi connectivity index (χ3v) is 6.07. The van der Waals surface area contributed by atoms with E-state index in [1.165, 1.54) is 22.8 Å². The van der Waals surface area contributed by atoms with E-state index in [9.17, 15) is 18.0 Å². The molecule has 0 fully saturated rings. The summed E-state index contributed by atoms with van der Waals surface area (Å²) in [6.45, 7) is 1.92. The summed E-state index contributed by atoms with van der Waals surface area (Å²) >= 11 is 0.981. The molecule has 0 aliphatic carbocycles. The van der Waals surface area contributed by atoms with Crippen molar-refractivity contribution in [3.8, 4) is 0 Å². The Morgan fingerprint density at radius 2 is 2.00 bits per heavy atom. The number of thiazole rings is 1. The van der Waals surface area contributed by atoms with Crippen LogP contribution in [0, 0.1) is 0 Å². The molecule has 3 rings (SSSR count). The number of carbonyl (C=O) groups excluding carboxylic acids is 1. The number of esters is 1. The summed E-state index contributed by atoms with van der Waals surface area (Å²) in [4.78, 5) is 23.4. The van der Waals surface area contributed by atoms with E-state index in [0.29, 0.717) is 10.2 Å². The van der Waals surface area contributed by atoms with Crippen LogP contribution >= 0.6 is 11.3 Å². The van der Waals surface area contributed by atoms with Gasteiger partial charge in [0, 0.05) is 12.7 Å². The number of nitrogens with zero attached hydrogens (tertiary/aromatic N) is 1. The van der Waals surface area contributed by atoms with E-state index in [1.54, 1.807) is 38.2 Å². The molecule has 0 atom stereocenters. The molecule has 3 aromatic rings. The highest BCUT2D eigenvalue weighted by Crippen LogP contribution is 2.23.